The molecule has 0 bridgehead atoms. The number of nitrogens with zero attached hydrogens (tertiary/aromatic N) is 1. The van der Waals surface area contributed by atoms with E-state index in [9.17, 15) is 4.79 Å². The SMILES string of the molecule is O=C(O)c1ccc(C(Cl)N2CCOCC2)cc1. The molecule has 1 aromatic rings. The van der Waals surface area contributed by atoms with Crippen LogP contribution in [0.15, 0.2) is 24.3 Å². The monoisotopic (exact) mass is 255 g/mol. The van der Waals surface area contributed by atoms with Crippen LogP contribution in [0.5, 0.6) is 0 Å². The Morgan fingerprint density at radius 1 is 1.29 bits per heavy atom. The average Bonchev–Trinajstić information content (AvgIpc) is 2.39. The molecule has 1 heterocycles. The van der Waals surface area contributed by atoms with Crippen LogP contribution in [0.3, 0.4) is 0 Å². The van der Waals surface area contributed by atoms with Gasteiger partial charge in [0, 0.05) is 13.1 Å². The van der Waals surface area contributed by atoms with E-state index in [1.165, 1.54) is 0 Å². The molecule has 4 nitrogen and oxygen atoms in total. The molecular formula is C12H14ClNO3. The molecule has 2 rings (SSSR count). The van der Waals surface area contributed by atoms with Crippen molar-refractivity contribution in [2.24, 2.45) is 0 Å². The van der Waals surface area contributed by atoms with E-state index in [1.54, 1.807) is 24.3 Å². The summed E-state index contributed by atoms with van der Waals surface area (Å²) in [5, 5.41) is 8.80. The molecule has 0 spiro atoms. The highest BCUT2D eigenvalue weighted by Crippen LogP contribution is 2.25. The molecule has 17 heavy (non-hydrogen) atoms. The zero-order valence-corrected chi connectivity index (χ0v) is 10.1. The number of ether oxygens (including phenoxy) is 1. The van der Waals surface area contributed by atoms with Crippen LogP contribution in [0, 0.1) is 0 Å². The minimum Gasteiger partial charge on any atom is -0.478 e. The molecule has 0 aromatic heterocycles. The summed E-state index contributed by atoms with van der Waals surface area (Å²) in [5.74, 6) is -0.922. The van der Waals surface area contributed by atoms with Gasteiger partial charge < -0.3 is 9.84 Å². The van der Waals surface area contributed by atoms with Gasteiger partial charge in [0.05, 0.1) is 18.8 Å². The van der Waals surface area contributed by atoms with Gasteiger partial charge in [-0.3, -0.25) is 4.90 Å². The lowest BCUT2D eigenvalue weighted by molar-refractivity contribution is 0.0311. The Kier molecular flexibility index (Phi) is 3.99. The topological polar surface area (TPSA) is 49.8 Å². The lowest BCUT2D eigenvalue weighted by Gasteiger charge is -2.30. The first kappa shape index (κ1) is 12.4. The number of carboxylic acids is 1. The third kappa shape index (κ3) is 2.97. The third-order valence-electron chi connectivity index (χ3n) is 2.80. The fraction of sp³-hybridized carbons (Fsp3) is 0.417. The van der Waals surface area contributed by atoms with E-state index in [4.69, 9.17) is 21.4 Å². The molecule has 1 N–H and O–H groups in total. The normalized spacial score (nSPS) is 18.9. The second kappa shape index (κ2) is 5.49. The highest BCUT2D eigenvalue weighted by Gasteiger charge is 2.20. The third-order valence-corrected chi connectivity index (χ3v) is 3.33. The second-order valence-electron chi connectivity index (χ2n) is 3.91. The maximum Gasteiger partial charge on any atom is 0.335 e. The predicted molar refractivity (Wildman–Crippen MR) is 64.4 cm³/mol. The van der Waals surface area contributed by atoms with Gasteiger partial charge in [-0.2, -0.15) is 0 Å². The molecule has 92 valence electrons. The van der Waals surface area contributed by atoms with Crippen LogP contribution in [0.2, 0.25) is 0 Å². The van der Waals surface area contributed by atoms with Gasteiger partial charge in [-0.05, 0) is 17.7 Å². The van der Waals surface area contributed by atoms with Gasteiger partial charge in [0.25, 0.3) is 0 Å². The molecule has 1 aromatic carbocycles. The Balaban J connectivity index is 2.07. The molecule has 1 atom stereocenters. The molecule has 1 aliphatic rings. The summed E-state index contributed by atoms with van der Waals surface area (Å²) >= 11 is 6.34. The van der Waals surface area contributed by atoms with Crippen molar-refractivity contribution in [1.29, 1.82) is 0 Å². The lowest BCUT2D eigenvalue weighted by atomic mass is 10.1. The smallest absolute Gasteiger partial charge is 0.335 e. The number of carboxylic acid groups (broad SMARTS) is 1. The summed E-state index contributed by atoms with van der Waals surface area (Å²) in [6.45, 7) is 2.98. The standard InChI is InChI=1S/C12H14ClNO3/c13-11(14-5-7-17-8-6-14)9-1-3-10(4-2-9)12(15)16/h1-4,11H,5-8H2,(H,15,16). The fourth-order valence-electron chi connectivity index (χ4n) is 1.80. The van der Waals surface area contributed by atoms with Crippen LogP contribution in [0.4, 0.5) is 0 Å². The van der Waals surface area contributed by atoms with Crippen LogP contribution in [-0.2, 0) is 4.74 Å². The van der Waals surface area contributed by atoms with Crippen molar-refractivity contribution in [2.45, 2.75) is 5.50 Å². The highest BCUT2D eigenvalue weighted by molar-refractivity contribution is 6.20. The number of alkyl halides is 1. The number of rotatable bonds is 3. The molecule has 1 aliphatic heterocycles. The first-order chi connectivity index (χ1) is 8.18. The molecule has 1 saturated heterocycles. The number of hydrogen-bond acceptors (Lipinski definition) is 3. The Labute approximate surface area is 105 Å². The van der Waals surface area contributed by atoms with Crippen molar-refractivity contribution >= 4 is 17.6 Å². The van der Waals surface area contributed by atoms with E-state index >= 15 is 0 Å². The van der Waals surface area contributed by atoms with Crippen LogP contribution in [0.25, 0.3) is 0 Å². The number of carbonyl (C=O) groups is 1. The van der Waals surface area contributed by atoms with Crippen molar-refractivity contribution in [3.05, 3.63) is 35.4 Å². The average molecular weight is 256 g/mol. The van der Waals surface area contributed by atoms with Crippen molar-refractivity contribution in [2.75, 3.05) is 26.3 Å². The molecule has 0 amide bonds. The molecule has 1 fully saturated rings. The van der Waals surface area contributed by atoms with Gasteiger partial charge in [-0.15, -0.1) is 11.6 Å². The number of hydrogen-bond donors (Lipinski definition) is 1. The van der Waals surface area contributed by atoms with Gasteiger partial charge in [0.1, 0.15) is 5.50 Å². The lowest BCUT2D eigenvalue weighted by Crippen LogP contribution is -2.37. The highest BCUT2D eigenvalue weighted by atomic mass is 35.5. The summed E-state index contributed by atoms with van der Waals surface area (Å²) in [7, 11) is 0. The van der Waals surface area contributed by atoms with Crippen molar-refractivity contribution in [3.63, 3.8) is 0 Å². The number of halogens is 1. The van der Waals surface area contributed by atoms with Crippen LogP contribution in [0.1, 0.15) is 21.4 Å². The van der Waals surface area contributed by atoms with Gasteiger partial charge in [0.2, 0.25) is 0 Å². The number of benzene rings is 1. The molecule has 0 aliphatic carbocycles. The Morgan fingerprint density at radius 2 is 1.88 bits per heavy atom. The van der Waals surface area contributed by atoms with Crippen molar-refractivity contribution < 1.29 is 14.6 Å². The molecule has 0 radical (unpaired) electrons. The molecule has 0 saturated carbocycles. The van der Waals surface area contributed by atoms with Crippen LogP contribution in [-0.4, -0.2) is 42.3 Å². The number of morpholine rings is 1. The van der Waals surface area contributed by atoms with E-state index in [2.05, 4.69) is 4.90 Å². The maximum absolute atomic E-state index is 10.7. The largest absolute Gasteiger partial charge is 0.478 e. The van der Waals surface area contributed by atoms with Crippen LogP contribution >= 0.6 is 11.6 Å². The van der Waals surface area contributed by atoms with Gasteiger partial charge in [-0.25, -0.2) is 4.79 Å². The van der Waals surface area contributed by atoms with E-state index in [0.717, 1.165) is 18.7 Å². The molecule has 1 unspecified atom stereocenters. The summed E-state index contributed by atoms with van der Waals surface area (Å²) in [6.07, 6.45) is 0. The minimum absolute atomic E-state index is 0.221. The predicted octanol–water partition coefficient (Wildman–Crippen LogP) is 1.95. The summed E-state index contributed by atoms with van der Waals surface area (Å²) in [4.78, 5) is 12.8. The van der Waals surface area contributed by atoms with E-state index in [-0.39, 0.29) is 11.1 Å². The number of aromatic carboxylic acids is 1. The van der Waals surface area contributed by atoms with Crippen LogP contribution < -0.4 is 0 Å². The summed E-state index contributed by atoms with van der Waals surface area (Å²) in [5.41, 5.74) is 0.972. The second-order valence-corrected chi connectivity index (χ2v) is 4.32. The first-order valence-corrected chi connectivity index (χ1v) is 5.91. The summed E-state index contributed by atoms with van der Waals surface area (Å²) in [6, 6.07) is 6.67. The maximum atomic E-state index is 10.7. The Bertz CT molecular complexity index is 387. The quantitative estimate of drug-likeness (QED) is 0.663. The van der Waals surface area contributed by atoms with Gasteiger partial charge in [-0.1, -0.05) is 12.1 Å². The van der Waals surface area contributed by atoms with Crippen molar-refractivity contribution in [3.8, 4) is 0 Å². The first-order valence-electron chi connectivity index (χ1n) is 5.47. The van der Waals surface area contributed by atoms with E-state index < -0.39 is 5.97 Å². The fourth-order valence-corrected chi connectivity index (χ4v) is 2.14. The summed E-state index contributed by atoms with van der Waals surface area (Å²) < 4.78 is 5.26. The Hall–Kier alpha value is -1.10. The zero-order chi connectivity index (χ0) is 12.3. The van der Waals surface area contributed by atoms with Crippen molar-refractivity contribution in [1.82, 2.24) is 4.90 Å². The van der Waals surface area contributed by atoms with E-state index in [0.29, 0.717) is 13.2 Å². The Morgan fingerprint density at radius 3 is 2.41 bits per heavy atom. The van der Waals surface area contributed by atoms with E-state index in [1.807, 2.05) is 0 Å². The molecular weight excluding hydrogens is 242 g/mol. The minimum atomic E-state index is -0.922. The van der Waals surface area contributed by atoms with Gasteiger partial charge in [0.15, 0.2) is 0 Å². The van der Waals surface area contributed by atoms with Gasteiger partial charge >= 0.3 is 5.97 Å². The molecule has 5 heteroatoms. The zero-order valence-electron chi connectivity index (χ0n) is 9.30.